The Morgan fingerprint density at radius 1 is 1.22 bits per heavy atom. The molecule has 162 valence electrons. The fourth-order valence-electron chi connectivity index (χ4n) is 3.54. The number of hydrogen-bond donors (Lipinski definition) is 4. The van der Waals surface area contributed by atoms with Gasteiger partial charge in [-0.05, 0) is 43.9 Å². The first-order valence-corrected chi connectivity index (χ1v) is 11.4. The molecule has 0 saturated heterocycles. The third kappa shape index (κ3) is 3.62. The van der Waals surface area contributed by atoms with Crippen LogP contribution in [-0.2, 0) is 0 Å². The van der Waals surface area contributed by atoms with Gasteiger partial charge in [0, 0.05) is 23.7 Å². The van der Waals surface area contributed by atoms with E-state index >= 15 is 0 Å². The monoisotopic (exact) mass is 447 g/mol. The van der Waals surface area contributed by atoms with Crippen LogP contribution in [-0.4, -0.2) is 42.6 Å². The van der Waals surface area contributed by atoms with Gasteiger partial charge in [0.1, 0.15) is 5.82 Å². The Bertz CT molecular complexity index is 1520. The highest BCUT2D eigenvalue weighted by molar-refractivity contribution is 7.17. The Morgan fingerprint density at radius 2 is 2.03 bits per heavy atom. The molecule has 0 aliphatic heterocycles. The van der Waals surface area contributed by atoms with Crippen LogP contribution >= 0.6 is 11.3 Å². The van der Waals surface area contributed by atoms with Gasteiger partial charge in [0.25, 0.3) is 5.91 Å². The van der Waals surface area contributed by atoms with Crippen LogP contribution in [0.3, 0.4) is 0 Å². The first-order valence-electron chi connectivity index (χ1n) is 10.6. The minimum atomic E-state index is -0.307. The smallest absolute Gasteiger partial charge is 0.323 e. The topological polar surface area (TPSA) is 120 Å². The molecule has 0 unspecified atom stereocenters. The van der Waals surface area contributed by atoms with E-state index in [2.05, 4.69) is 32.3 Å². The second kappa shape index (κ2) is 7.20. The Labute approximate surface area is 185 Å². The number of carbonyl (C=O) groups excluding carboxylic acids is 1. The van der Waals surface area contributed by atoms with Gasteiger partial charge >= 0.3 is 5.69 Å². The number of fused-ring (bicyclic) bond motifs is 1. The maximum atomic E-state index is 12.4. The molecule has 2 aliphatic rings. The number of H-pyrrole nitrogens is 2. The van der Waals surface area contributed by atoms with Gasteiger partial charge in [-0.25, -0.2) is 9.78 Å². The molecule has 10 heteroatoms. The van der Waals surface area contributed by atoms with E-state index in [1.165, 1.54) is 11.3 Å². The zero-order valence-electron chi connectivity index (χ0n) is 17.1. The first kappa shape index (κ1) is 19.1. The van der Waals surface area contributed by atoms with Crippen molar-refractivity contribution >= 4 is 41.4 Å². The number of nitrogens with zero attached hydrogens (tertiary/aromatic N) is 3. The molecule has 0 aromatic carbocycles. The summed E-state index contributed by atoms with van der Waals surface area (Å²) in [4.78, 5) is 35.8. The standard InChI is InChI=1S/C22H21N7O2S/c1-11-15(28-22(31)24-11)8-12-10-23-29-19(25-13-2-3-13)9-16(27-20(12)29)17-6-7-18(32-17)21(30)26-14-4-5-14/h6-10,13-14,25H,1-5H2,(H,26,30)(H2,24,28,31)/b15-8-. The normalized spacial score (nSPS) is 16.6. The second-order valence-corrected chi connectivity index (χ2v) is 9.39. The number of amides is 1. The number of hydrogen-bond acceptors (Lipinski definition) is 6. The summed E-state index contributed by atoms with van der Waals surface area (Å²) in [6.45, 7) is 3.86. The maximum absolute atomic E-state index is 12.4. The quantitative estimate of drug-likeness (QED) is 0.354. The van der Waals surface area contributed by atoms with Crippen LogP contribution in [0.1, 0.15) is 40.9 Å². The lowest BCUT2D eigenvalue weighted by Gasteiger charge is -2.09. The van der Waals surface area contributed by atoms with Gasteiger partial charge in [-0.2, -0.15) is 9.61 Å². The van der Waals surface area contributed by atoms with Crippen LogP contribution in [0.5, 0.6) is 0 Å². The number of aromatic nitrogens is 5. The van der Waals surface area contributed by atoms with Crippen LogP contribution in [0.15, 0.2) is 29.2 Å². The molecule has 2 saturated carbocycles. The van der Waals surface area contributed by atoms with E-state index in [9.17, 15) is 9.59 Å². The lowest BCUT2D eigenvalue weighted by atomic mass is 10.2. The van der Waals surface area contributed by atoms with Crippen molar-refractivity contribution in [3.8, 4) is 10.6 Å². The van der Waals surface area contributed by atoms with Crippen LogP contribution in [0.4, 0.5) is 5.82 Å². The van der Waals surface area contributed by atoms with Crippen molar-refractivity contribution in [3.05, 3.63) is 56.0 Å². The summed E-state index contributed by atoms with van der Waals surface area (Å²) < 4.78 is 1.77. The summed E-state index contributed by atoms with van der Waals surface area (Å²) >= 11 is 1.43. The highest BCUT2D eigenvalue weighted by Crippen LogP contribution is 2.32. The molecule has 4 heterocycles. The molecule has 2 fully saturated rings. The van der Waals surface area contributed by atoms with Crippen molar-refractivity contribution in [1.82, 2.24) is 29.9 Å². The molecule has 9 nitrogen and oxygen atoms in total. The lowest BCUT2D eigenvalue weighted by Crippen LogP contribution is -2.24. The molecule has 4 aromatic heterocycles. The van der Waals surface area contributed by atoms with E-state index in [1.807, 2.05) is 24.3 Å². The van der Waals surface area contributed by atoms with Crippen molar-refractivity contribution in [2.75, 3.05) is 5.32 Å². The van der Waals surface area contributed by atoms with Gasteiger partial charge in [-0.3, -0.25) is 4.79 Å². The van der Waals surface area contributed by atoms with Crippen molar-refractivity contribution in [2.45, 2.75) is 37.8 Å². The van der Waals surface area contributed by atoms with Crippen LogP contribution in [0.2, 0.25) is 0 Å². The Morgan fingerprint density at radius 3 is 2.75 bits per heavy atom. The number of imidazole rings is 1. The largest absolute Gasteiger partial charge is 0.367 e. The average Bonchev–Trinajstić information content (AvgIpc) is 3.63. The Balaban J connectivity index is 1.45. The van der Waals surface area contributed by atoms with E-state index in [1.54, 1.807) is 10.7 Å². The summed E-state index contributed by atoms with van der Waals surface area (Å²) in [5, 5.41) is 12.2. The number of nitrogens with one attached hydrogen (secondary N) is 4. The van der Waals surface area contributed by atoms with E-state index < -0.39 is 0 Å². The Kier molecular flexibility index (Phi) is 4.29. The molecule has 0 spiro atoms. The average molecular weight is 448 g/mol. The number of anilines is 1. The van der Waals surface area contributed by atoms with Crippen LogP contribution in [0, 0.1) is 0 Å². The van der Waals surface area contributed by atoms with E-state index in [4.69, 9.17) is 4.98 Å². The number of aromatic amines is 2. The number of rotatable bonds is 6. The third-order valence-corrected chi connectivity index (χ3v) is 6.67. The number of thiophene rings is 1. The summed E-state index contributed by atoms with van der Waals surface area (Å²) in [6.07, 6.45) is 7.89. The molecule has 0 atom stereocenters. The molecule has 32 heavy (non-hydrogen) atoms. The molecule has 4 N–H and O–H groups in total. The minimum absolute atomic E-state index is 0.0288. The van der Waals surface area contributed by atoms with Crippen LogP contribution in [0.25, 0.3) is 28.9 Å². The fraction of sp³-hybridized carbons (Fsp3) is 0.273. The van der Waals surface area contributed by atoms with Gasteiger partial charge in [0.15, 0.2) is 5.65 Å². The molecular formula is C22H21N7O2S. The van der Waals surface area contributed by atoms with Gasteiger partial charge in [0.2, 0.25) is 0 Å². The van der Waals surface area contributed by atoms with Gasteiger partial charge in [-0.1, -0.05) is 6.58 Å². The summed E-state index contributed by atoms with van der Waals surface area (Å²) in [7, 11) is 0. The Hall–Kier alpha value is -3.66. The van der Waals surface area contributed by atoms with E-state index in [-0.39, 0.29) is 11.6 Å². The van der Waals surface area contributed by atoms with Crippen molar-refractivity contribution < 1.29 is 4.79 Å². The van der Waals surface area contributed by atoms with Gasteiger partial charge in [0.05, 0.1) is 32.3 Å². The maximum Gasteiger partial charge on any atom is 0.323 e. The number of carbonyl (C=O) groups is 1. The van der Waals surface area contributed by atoms with E-state index in [0.29, 0.717) is 33.3 Å². The molecule has 0 bridgehead atoms. The van der Waals surface area contributed by atoms with Crippen molar-refractivity contribution in [1.29, 1.82) is 0 Å². The lowest BCUT2D eigenvalue weighted by molar-refractivity contribution is 0.0955. The molecule has 0 radical (unpaired) electrons. The molecule has 6 rings (SSSR count). The SMILES string of the molecule is C=c1[nH]c(=O)[nH]/c1=C\c1cnn2c(NC3CC3)cc(-c3ccc(C(=O)NC4CC4)s3)nc12. The highest BCUT2D eigenvalue weighted by Gasteiger charge is 2.25. The van der Waals surface area contributed by atoms with Crippen molar-refractivity contribution in [3.63, 3.8) is 0 Å². The van der Waals surface area contributed by atoms with Gasteiger partial charge in [-0.15, -0.1) is 11.3 Å². The zero-order valence-corrected chi connectivity index (χ0v) is 18.0. The molecule has 4 aromatic rings. The summed E-state index contributed by atoms with van der Waals surface area (Å²) in [5.41, 5.74) is 1.88. The predicted molar refractivity (Wildman–Crippen MR) is 123 cm³/mol. The zero-order chi connectivity index (χ0) is 21.8. The highest BCUT2D eigenvalue weighted by atomic mass is 32.1. The molecule has 1 amide bonds. The van der Waals surface area contributed by atoms with Crippen LogP contribution < -0.4 is 27.0 Å². The minimum Gasteiger partial charge on any atom is -0.367 e. The summed E-state index contributed by atoms with van der Waals surface area (Å²) in [6, 6.07) is 6.51. The fourth-order valence-corrected chi connectivity index (χ4v) is 4.41. The second-order valence-electron chi connectivity index (χ2n) is 8.31. The van der Waals surface area contributed by atoms with Crippen molar-refractivity contribution in [2.24, 2.45) is 0 Å². The molecular weight excluding hydrogens is 426 g/mol. The first-order chi connectivity index (χ1) is 15.5. The predicted octanol–water partition coefficient (Wildman–Crippen LogP) is 1.18. The van der Waals surface area contributed by atoms with Gasteiger partial charge < -0.3 is 20.6 Å². The third-order valence-electron chi connectivity index (χ3n) is 5.56. The molecule has 2 aliphatic carbocycles. The summed E-state index contributed by atoms with van der Waals surface area (Å²) in [5.74, 6) is 0.820. The van der Waals surface area contributed by atoms with E-state index in [0.717, 1.165) is 47.6 Å².